The first-order chi connectivity index (χ1) is 15.8. The highest BCUT2D eigenvalue weighted by atomic mass is 35.5. The second kappa shape index (κ2) is 9.35. The number of amides is 1. The van der Waals surface area contributed by atoms with Crippen molar-refractivity contribution in [2.45, 2.75) is 39.3 Å². The van der Waals surface area contributed by atoms with Gasteiger partial charge >= 0.3 is 0 Å². The van der Waals surface area contributed by atoms with Gasteiger partial charge in [-0.25, -0.2) is 0 Å². The van der Waals surface area contributed by atoms with E-state index in [0.717, 1.165) is 39.6 Å². The Morgan fingerprint density at radius 3 is 2.70 bits per heavy atom. The SMILES string of the molecule is COc1ccc(OC)c(-c2cc(Cl)c3c(c2)C[C@@H](CNC(=O)[C@H](C)n2nc(C)cc2C)O3)c1. The van der Waals surface area contributed by atoms with Crippen LogP contribution in [0.3, 0.4) is 0 Å². The molecule has 0 bridgehead atoms. The number of fused-ring (bicyclic) bond motifs is 1. The van der Waals surface area contributed by atoms with Crippen LogP contribution in [0.4, 0.5) is 0 Å². The summed E-state index contributed by atoms with van der Waals surface area (Å²) < 4.78 is 18.7. The van der Waals surface area contributed by atoms with Crippen molar-refractivity contribution in [3.63, 3.8) is 0 Å². The minimum atomic E-state index is -0.404. The molecule has 33 heavy (non-hydrogen) atoms. The van der Waals surface area contributed by atoms with E-state index in [9.17, 15) is 4.79 Å². The van der Waals surface area contributed by atoms with E-state index in [4.69, 9.17) is 25.8 Å². The highest BCUT2D eigenvalue weighted by Gasteiger charge is 2.28. The molecule has 8 heteroatoms. The number of hydrogen-bond donors (Lipinski definition) is 1. The van der Waals surface area contributed by atoms with Gasteiger partial charge in [-0.15, -0.1) is 0 Å². The van der Waals surface area contributed by atoms with E-state index in [2.05, 4.69) is 16.5 Å². The van der Waals surface area contributed by atoms with Crippen molar-refractivity contribution >= 4 is 17.5 Å². The summed E-state index contributed by atoms with van der Waals surface area (Å²) in [4.78, 5) is 12.7. The molecule has 0 aliphatic carbocycles. The number of rotatable bonds is 7. The molecule has 0 unspecified atom stereocenters. The number of benzene rings is 2. The largest absolute Gasteiger partial charge is 0.497 e. The Kier molecular flexibility index (Phi) is 6.51. The van der Waals surface area contributed by atoms with Gasteiger partial charge in [0.1, 0.15) is 29.4 Å². The van der Waals surface area contributed by atoms with Gasteiger partial charge in [-0.3, -0.25) is 9.48 Å². The highest BCUT2D eigenvalue weighted by molar-refractivity contribution is 6.32. The molecule has 1 amide bonds. The summed E-state index contributed by atoms with van der Waals surface area (Å²) in [6, 6.07) is 11.1. The number of hydrogen-bond acceptors (Lipinski definition) is 5. The fourth-order valence-corrected chi connectivity index (χ4v) is 4.49. The van der Waals surface area contributed by atoms with E-state index in [1.165, 1.54) is 0 Å². The normalized spacial score (nSPS) is 15.5. The van der Waals surface area contributed by atoms with Crippen molar-refractivity contribution < 1.29 is 19.0 Å². The first-order valence-corrected chi connectivity index (χ1v) is 11.2. The van der Waals surface area contributed by atoms with Gasteiger partial charge in [-0.1, -0.05) is 11.6 Å². The van der Waals surface area contributed by atoms with Gasteiger partial charge in [0.2, 0.25) is 5.91 Å². The zero-order valence-electron chi connectivity index (χ0n) is 19.4. The lowest BCUT2D eigenvalue weighted by atomic mass is 9.99. The summed E-state index contributed by atoms with van der Waals surface area (Å²) in [5.74, 6) is 2.02. The van der Waals surface area contributed by atoms with Gasteiger partial charge in [0.25, 0.3) is 0 Å². The first kappa shape index (κ1) is 23.0. The fourth-order valence-electron chi connectivity index (χ4n) is 4.21. The maximum Gasteiger partial charge on any atom is 0.244 e. The van der Waals surface area contributed by atoms with Gasteiger partial charge in [0.15, 0.2) is 0 Å². The number of aromatic nitrogens is 2. The minimum Gasteiger partial charge on any atom is -0.497 e. The summed E-state index contributed by atoms with van der Waals surface area (Å²) in [7, 11) is 3.26. The summed E-state index contributed by atoms with van der Waals surface area (Å²) >= 11 is 6.58. The van der Waals surface area contributed by atoms with E-state index < -0.39 is 6.04 Å². The van der Waals surface area contributed by atoms with Crippen molar-refractivity contribution in [1.29, 1.82) is 0 Å². The summed E-state index contributed by atoms with van der Waals surface area (Å²) in [6.45, 7) is 6.07. The Hall–Kier alpha value is -3.19. The quantitative estimate of drug-likeness (QED) is 0.550. The number of nitrogens with one attached hydrogen (secondary N) is 1. The molecule has 2 atom stereocenters. The third-order valence-electron chi connectivity index (χ3n) is 5.87. The van der Waals surface area contributed by atoms with Crippen molar-refractivity contribution in [3.05, 3.63) is 58.4 Å². The van der Waals surface area contributed by atoms with Crippen LogP contribution in [0.25, 0.3) is 11.1 Å². The summed E-state index contributed by atoms with van der Waals surface area (Å²) in [5, 5.41) is 7.92. The molecule has 1 aliphatic rings. The van der Waals surface area contributed by atoms with E-state index in [-0.39, 0.29) is 12.0 Å². The fraction of sp³-hybridized carbons (Fsp3) is 0.360. The van der Waals surface area contributed by atoms with E-state index in [1.54, 1.807) is 18.9 Å². The third-order valence-corrected chi connectivity index (χ3v) is 6.15. The van der Waals surface area contributed by atoms with Gasteiger partial charge < -0.3 is 19.5 Å². The molecule has 7 nitrogen and oxygen atoms in total. The van der Waals surface area contributed by atoms with Crippen LogP contribution in [-0.4, -0.2) is 42.6 Å². The van der Waals surface area contributed by atoms with Crippen molar-refractivity contribution in [2.24, 2.45) is 0 Å². The molecule has 0 fully saturated rings. The lowest BCUT2D eigenvalue weighted by Crippen LogP contribution is -2.38. The Labute approximate surface area is 198 Å². The van der Waals surface area contributed by atoms with E-state index >= 15 is 0 Å². The first-order valence-electron chi connectivity index (χ1n) is 10.8. The minimum absolute atomic E-state index is 0.103. The van der Waals surface area contributed by atoms with Crippen LogP contribution in [0.15, 0.2) is 36.4 Å². The molecule has 1 N–H and O–H groups in total. The van der Waals surface area contributed by atoms with Crippen LogP contribution in [0.1, 0.15) is 29.9 Å². The lowest BCUT2D eigenvalue weighted by Gasteiger charge is -2.17. The number of carbonyl (C=O) groups excluding carboxylic acids is 1. The predicted octanol–water partition coefficient (Wildman–Crippen LogP) is 4.52. The number of nitrogens with zero attached hydrogens (tertiary/aromatic N) is 2. The lowest BCUT2D eigenvalue weighted by molar-refractivity contribution is -0.124. The van der Waals surface area contributed by atoms with Crippen LogP contribution >= 0.6 is 11.6 Å². The molecule has 2 aromatic carbocycles. The van der Waals surface area contributed by atoms with Crippen LogP contribution in [0.2, 0.25) is 5.02 Å². The molecular weight excluding hydrogens is 442 g/mol. The zero-order chi connectivity index (χ0) is 23.7. The average molecular weight is 470 g/mol. The van der Waals surface area contributed by atoms with Crippen LogP contribution in [-0.2, 0) is 11.2 Å². The molecule has 1 aliphatic heterocycles. The molecule has 0 saturated carbocycles. The molecule has 0 saturated heterocycles. The van der Waals surface area contributed by atoms with Gasteiger partial charge in [-0.2, -0.15) is 5.10 Å². The average Bonchev–Trinajstić information content (AvgIpc) is 3.38. The van der Waals surface area contributed by atoms with E-state index in [0.29, 0.717) is 23.7 Å². The zero-order valence-corrected chi connectivity index (χ0v) is 20.2. The van der Waals surface area contributed by atoms with Gasteiger partial charge in [0.05, 0.1) is 31.5 Å². The topological polar surface area (TPSA) is 74.6 Å². The molecule has 2 heterocycles. The summed E-state index contributed by atoms with van der Waals surface area (Å²) in [6.07, 6.45) is 0.445. The van der Waals surface area contributed by atoms with Crippen molar-refractivity contribution in [2.75, 3.05) is 20.8 Å². The Morgan fingerprint density at radius 1 is 1.24 bits per heavy atom. The predicted molar refractivity (Wildman–Crippen MR) is 128 cm³/mol. The third kappa shape index (κ3) is 4.64. The van der Waals surface area contributed by atoms with Gasteiger partial charge in [-0.05, 0) is 62.7 Å². The Morgan fingerprint density at radius 2 is 2.03 bits per heavy atom. The molecule has 1 aromatic heterocycles. The molecule has 174 valence electrons. The molecule has 0 spiro atoms. The molecular formula is C25H28ClN3O4. The molecule has 4 rings (SSSR count). The highest BCUT2D eigenvalue weighted by Crippen LogP contribution is 2.42. The summed E-state index contributed by atoms with van der Waals surface area (Å²) in [5.41, 5.74) is 4.64. The van der Waals surface area contributed by atoms with Crippen LogP contribution < -0.4 is 19.5 Å². The number of carbonyl (C=O) groups is 1. The maximum absolute atomic E-state index is 12.7. The van der Waals surface area contributed by atoms with Gasteiger partial charge in [0, 0.05) is 23.2 Å². The number of halogens is 1. The van der Waals surface area contributed by atoms with Crippen molar-refractivity contribution in [1.82, 2.24) is 15.1 Å². The second-order valence-corrected chi connectivity index (χ2v) is 8.66. The van der Waals surface area contributed by atoms with Crippen LogP contribution in [0, 0.1) is 13.8 Å². The monoisotopic (exact) mass is 469 g/mol. The smallest absolute Gasteiger partial charge is 0.244 e. The standard InChI is InChI=1S/C25H28ClN3O4/c1-14-8-15(2)29(28-14)16(3)25(30)27-13-20-10-18-9-17(11-22(26)24(18)33-20)21-12-19(31-4)6-7-23(21)32-5/h6-9,11-12,16,20H,10,13H2,1-5H3,(H,27,30)/t16-,20-/m0/s1. The van der Waals surface area contributed by atoms with E-state index in [1.807, 2.05) is 51.1 Å². The second-order valence-electron chi connectivity index (χ2n) is 8.25. The molecule has 3 aromatic rings. The Balaban J connectivity index is 1.47. The maximum atomic E-state index is 12.7. The number of methoxy groups -OCH3 is 2. The molecule has 0 radical (unpaired) electrons. The number of aryl methyl sites for hydroxylation is 2. The Bertz CT molecular complexity index is 1190. The van der Waals surface area contributed by atoms with Crippen molar-refractivity contribution in [3.8, 4) is 28.4 Å². The number of ether oxygens (including phenoxy) is 3. The van der Waals surface area contributed by atoms with Crippen LogP contribution in [0.5, 0.6) is 17.2 Å².